The van der Waals surface area contributed by atoms with Gasteiger partial charge in [0.1, 0.15) is 0 Å². The van der Waals surface area contributed by atoms with Gasteiger partial charge in [-0.2, -0.15) is 0 Å². The van der Waals surface area contributed by atoms with Gasteiger partial charge < -0.3 is 0 Å². The van der Waals surface area contributed by atoms with E-state index in [4.69, 9.17) is 11.6 Å². The smallest absolute Gasteiger partial charge is 0.269 e. The number of hydrogen-bond acceptors (Lipinski definition) is 4. The predicted molar refractivity (Wildman–Crippen MR) is 91.3 cm³/mol. The van der Waals surface area contributed by atoms with Crippen molar-refractivity contribution in [2.24, 2.45) is 0 Å². The Morgan fingerprint density at radius 1 is 0.917 bits per heavy atom. The Hall–Kier alpha value is -2.58. The van der Waals surface area contributed by atoms with Crippen molar-refractivity contribution < 1.29 is 18.0 Å². The Morgan fingerprint density at radius 3 is 2.08 bits per heavy atom. The number of amides is 2. The van der Waals surface area contributed by atoms with Crippen molar-refractivity contribution in [2.45, 2.75) is 0 Å². The molecule has 0 saturated carbocycles. The molecule has 0 fully saturated rings. The van der Waals surface area contributed by atoms with E-state index in [9.17, 15) is 18.0 Å². The van der Waals surface area contributed by atoms with Crippen molar-refractivity contribution in [3.05, 3.63) is 64.7 Å². The summed E-state index contributed by atoms with van der Waals surface area (Å²) in [7, 11) is -3.54. The number of benzene rings is 2. The number of carbonyl (C=O) groups excluding carboxylic acids is 2. The molecule has 3 N–H and O–H groups in total. The van der Waals surface area contributed by atoms with Crippen LogP contribution in [0.3, 0.4) is 0 Å². The van der Waals surface area contributed by atoms with Crippen LogP contribution in [0.4, 0.5) is 5.69 Å². The first-order valence-electron chi connectivity index (χ1n) is 6.69. The summed E-state index contributed by atoms with van der Waals surface area (Å²) in [5, 5.41) is 0.144. The van der Waals surface area contributed by atoms with E-state index in [0.717, 1.165) is 6.26 Å². The number of halogens is 1. The van der Waals surface area contributed by atoms with Gasteiger partial charge in [-0.15, -0.1) is 0 Å². The van der Waals surface area contributed by atoms with Crippen LogP contribution in [0.5, 0.6) is 0 Å². The predicted octanol–water partition coefficient (Wildman–Crippen LogP) is 1.79. The van der Waals surface area contributed by atoms with Crippen molar-refractivity contribution >= 4 is 39.1 Å². The highest BCUT2D eigenvalue weighted by Gasteiger charge is 2.13. The van der Waals surface area contributed by atoms with Crippen LogP contribution in [-0.4, -0.2) is 26.5 Å². The molecule has 7 nitrogen and oxygen atoms in total. The number of anilines is 1. The van der Waals surface area contributed by atoms with Gasteiger partial charge in [0.05, 0.1) is 17.0 Å². The third-order valence-corrected chi connectivity index (χ3v) is 3.77. The van der Waals surface area contributed by atoms with Gasteiger partial charge in [-0.25, -0.2) is 8.42 Å². The zero-order valence-electron chi connectivity index (χ0n) is 12.5. The van der Waals surface area contributed by atoms with Gasteiger partial charge >= 0.3 is 0 Å². The monoisotopic (exact) mass is 367 g/mol. The normalized spacial score (nSPS) is 10.8. The Labute approximate surface area is 144 Å². The molecule has 0 saturated heterocycles. The summed E-state index contributed by atoms with van der Waals surface area (Å²) in [5.74, 6) is -1.10. The van der Waals surface area contributed by atoms with Crippen LogP contribution in [0.25, 0.3) is 0 Å². The van der Waals surface area contributed by atoms with Crippen molar-refractivity contribution in [3.63, 3.8) is 0 Å². The molecule has 0 atom stereocenters. The summed E-state index contributed by atoms with van der Waals surface area (Å²) in [5.41, 5.74) is 5.09. The minimum absolute atomic E-state index is 0.0706. The maximum absolute atomic E-state index is 12.1. The molecule has 2 rings (SSSR count). The molecule has 0 heterocycles. The van der Waals surface area contributed by atoms with E-state index >= 15 is 0 Å². The van der Waals surface area contributed by atoms with Crippen LogP contribution in [0.15, 0.2) is 48.5 Å². The first kappa shape index (κ1) is 17.8. The molecule has 0 bridgehead atoms. The van der Waals surface area contributed by atoms with E-state index in [1.807, 2.05) is 0 Å². The fraction of sp³-hybridized carbons (Fsp3) is 0.0667. The fourth-order valence-corrected chi connectivity index (χ4v) is 2.58. The number of nitrogens with one attached hydrogen (secondary N) is 3. The van der Waals surface area contributed by atoms with E-state index in [1.54, 1.807) is 30.3 Å². The Kier molecular flexibility index (Phi) is 5.42. The molecule has 0 unspecified atom stereocenters. The van der Waals surface area contributed by atoms with Gasteiger partial charge in [0.2, 0.25) is 10.0 Å². The highest BCUT2D eigenvalue weighted by atomic mass is 35.5. The molecule has 0 aromatic heterocycles. The van der Waals surface area contributed by atoms with Crippen LogP contribution in [0.1, 0.15) is 20.7 Å². The molecule has 9 heteroatoms. The summed E-state index contributed by atoms with van der Waals surface area (Å²) < 4.78 is 24.8. The summed E-state index contributed by atoms with van der Waals surface area (Å²) in [4.78, 5) is 23.9. The van der Waals surface area contributed by atoms with Crippen LogP contribution < -0.4 is 15.6 Å². The molecular formula is C15H14ClN3O4S. The molecule has 24 heavy (non-hydrogen) atoms. The van der Waals surface area contributed by atoms with Gasteiger partial charge in [0, 0.05) is 11.1 Å². The molecule has 0 aliphatic rings. The Balaban J connectivity index is 2.07. The maximum Gasteiger partial charge on any atom is 0.269 e. The zero-order valence-corrected chi connectivity index (χ0v) is 14.1. The summed E-state index contributed by atoms with van der Waals surface area (Å²) in [6, 6.07) is 12.4. The second-order valence-electron chi connectivity index (χ2n) is 4.84. The highest BCUT2D eigenvalue weighted by molar-refractivity contribution is 7.92. The fourth-order valence-electron chi connectivity index (χ4n) is 1.79. The lowest BCUT2D eigenvalue weighted by atomic mass is 10.2. The summed E-state index contributed by atoms with van der Waals surface area (Å²) >= 11 is 5.89. The van der Waals surface area contributed by atoms with Crippen LogP contribution in [0.2, 0.25) is 5.02 Å². The molecule has 126 valence electrons. The first-order valence-corrected chi connectivity index (χ1v) is 8.96. The molecule has 0 spiro atoms. The number of hydrogen-bond donors (Lipinski definition) is 3. The number of sulfonamides is 1. The lowest BCUT2D eigenvalue weighted by molar-refractivity contribution is 0.0846. The molecule has 0 radical (unpaired) electrons. The lowest BCUT2D eigenvalue weighted by Gasteiger charge is -2.10. The lowest BCUT2D eigenvalue weighted by Crippen LogP contribution is -2.41. The van der Waals surface area contributed by atoms with Crippen LogP contribution in [-0.2, 0) is 10.0 Å². The summed E-state index contributed by atoms with van der Waals surface area (Å²) in [6.07, 6.45) is 0.968. The molecular weight excluding hydrogens is 354 g/mol. The third-order valence-electron chi connectivity index (χ3n) is 2.85. The number of rotatable bonds is 4. The van der Waals surface area contributed by atoms with E-state index in [-0.39, 0.29) is 16.3 Å². The number of hydrazine groups is 1. The van der Waals surface area contributed by atoms with Crippen LogP contribution in [0, 0.1) is 0 Å². The average Bonchev–Trinajstić information content (AvgIpc) is 2.54. The largest absolute Gasteiger partial charge is 0.282 e. The topological polar surface area (TPSA) is 104 Å². The van der Waals surface area contributed by atoms with Crippen molar-refractivity contribution in [3.8, 4) is 0 Å². The second kappa shape index (κ2) is 7.33. The second-order valence-corrected chi connectivity index (χ2v) is 7.00. The Bertz CT molecular complexity index is 870. The van der Waals surface area contributed by atoms with Gasteiger partial charge in [-0.05, 0) is 30.3 Å². The zero-order chi connectivity index (χ0) is 17.7. The number of carbonyl (C=O) groups is 2. The minimum atomic E-state index is -3.54. The van der Waals surface area contributed by atoms with Crippen molar-refractivity contribution in [1.29, 1.82) is 0 Å². The maximum atomic E-state index is 12.1. The van der Waals surface area contributed by atoms with E-state index in [1.165, 1.54) is 18.2 Å². The van der Waals surface area contributed by atoms with Crippen molar-refractivity contribution in [1.82, 2.24) is 10.9 Å². The highest BCUT2D eigenvalue weighted by Crippen LogP contribution is 2.23. The molecule has 0 aliphatic carbocycles. The Morgan fingerprint density at radius 2 is 1.50 bits per heavy atom. The quantitative estimate of drug-likeness (QED) is 0.716. The van der Waals surface area contributed by atoms with Crippen LogP contribution >= 0.6 is 11.6 Å². The van der Waals surface area contributed by atoms with Crippen molar-refractivity contribution in [2.75, 3.05) is 11.0 Å². The van der Waals surface area contributed by atoms with Gasteiger partial charge in [0.25, 0.3) is 11.8 Å². The van der Waals surface area contributed by atoms with E-state index < -0.39 is 21.8 Å². The molecule has 2 aromatic carbocycles. The standard InChI is InChI=1S/C15H14ClN3O4S/c1-24(22,23)19-13-9-11(7-8-12(13)16)15(21)18-17-14(20)10-5-3-2-4-6-10/h2-9,19H,1H3,(H,17,20)(H,18,21). The molecule has 2 amide bonds. The molecule has 0 aliphatic heterocycles. The summed E-state index contributed by atoms with van der Waals surface area (Å²) in [6.45, 7) is 0. The third kappa shape index (κ3) is 4.97. The van der Waals surface area contributed by atoms with E-state index in [2.05, 4.69) is 15.6 Å². The van der Waals surface area contributed by atoms with Gasteiger partial charge in [0.15, 0.2) is 0 Å². The van der Waals surface area contributed by atoms with Gasteiger partial charge in [-0.3, -0.25) is 25.2 Å². The minimum Gasteiger partial charge on any atom is -0.282 e. The first-order chi connectivity index (χ1) is 11.3. The SMILES string of the molecule is CS(=O)(=O)Nc1cc(C(=O)NNC(=O)c2ccccc2)ccc1Cl. The van der Waals surface area contributed by atoms with Gasteiger partial charge in [-0.1, -0.05) is 29.8 Å². The molecule has 2 aromatic rings. The van der Waals surface area contributed by atoms with E-state index in [0.29, 0.717) is 5.56 Å². The average molecular weight is 368 g/mol.